The van der Waals surface area contributed by atoms with Gasteiger partial charge in [-0.25, -0.2) is 4.98 Å². The van der Waals surface area contributed by atoms with Crippen molar-refractivity contribution in [2.24, 2.45) is 0 Å². The normalized spacial score (nSPS) is 17.5. The zero-order valence-corrected chi connectivity index (χ0v) is 14.1. The van der Waals surface area contributed by atoms with E-state index in [0.29, 0.717) is 5.88 Å². The van der Waals surface area contributed by atoms with Gasteiger partial charge in [-0.3, -0.25) is 4.90 Å². The SMILES string of the molecule is COc1ccc(N2CCN(Cc3ccc4c(c3)CCO4)CC2)cn1. The number of anilines is 1. The average Bonchev–Trinajstić information content (AvgIpc) is 3.10. The molecule has 1 saturated heterocycles. The fraction of sp³-hybridized carbons (Fsp3) is 0.421. The molecule has 0 amide bonds. The quantitative estimate of drug-likeness (QED) is 0.863. The lowest BCUT2D eigenvalue weighted by Gasteiger charge is -2.36. The van der Waals surface area contributed by atoms with Crippen molar-refractivity contribution in [3.8, 4) is 11.6 Å². The van der Waals surface area contributed by atoms with E-state index in [0.717, 1.165) is 51.5 Å². The molecule has 4 rings (SSSR count). The summed E-state index contributed by atoms with van der Waals surface area (Å²) in [6.45, 7) is 6.04. The number of pyridine rings is 1. The molecule has 0 saturated carbocycles. The van der Waals surface area contributed by atoms with E-state index >= 15 is 0 Å². The molecule has 2 aliphatic heterocycles. The number of nitrogens with zero attached hydrogens (tertiary/aromatic N) is 3. The number of hydrogen-bond acceptors (Lipinski definition) is 5. The zero-order chi connectivity index (χ0) is 16.4. The first-order valence-electron chi connectivity index (χ1n) is 8.54. The van der Waals surface area contributed by atoms with Crippen LogP contribution in [0.25, 0.3) is 0 Å². The highest BCUT2D eigenvalue weighted by molar-refractivity contribution is 5.46. The predicted octanol–water partition coefficient (Wildman–Crippen LogP) is 2.35. The first kappa shape index (κ1) is 15.3. The molecule has 2 aromatic rings. The molecule has 0 N–H and O–H groups in total. The highest BCUT2D eigenvalue weighted by Crippen LogP contribution is 2.26. The summed E-state index contributed by atoms with van der Waals surface area (Å²) in [5, 5.41) is 0. The number of hydrogen-bond donors (Lipinski definition) is 0. The highest BCUT2D eigenvalue weighted by Gasteiger charge is 2.19. The second-order valence-corrected chi connectivity index (χ2v) is 6.36. The van der Waals surface area contributed by atoms with Gasteiger partial charge in [-0.15, -0.1) is 0 Å². The van der Waals surface area contributed by atoms with Crippen molar-refractivity contribution in [1.29, 1.82) is 0 Å². The zero-order valence-electron chi connectivity index (χ0n) is 14.1. The van der Waals surface area contributed by atoms with Crippen LogP contribution in [0, 0.1) is 0 Å². The predicted molar refractivity (Wildman–Crippen MR) is 93.9 cm³/mol. The number of benzene rings is 1. The van der Waals surface area contributed by atoms with Crippen LogP contribution in [0.3, 0.4) is 0 Å². The van der Waals surface area contributed by atoms with Crippen LogP contribution >= 0.6 is 0 Å². The van der Waals surface area contributed by atoms with Crippen molar-refractivity contribution in [2.45, 2.75) is 13.0 Å². The Morgan fingerprint density at radius 2 is 2.00 bits per heavy atom. The topological polar surface area (TPSA) is 37.8 Å². The Labute approximate surface area is 142 Å². The third kappa shape index (κ3) is 3.17. The van der Waals surface area contributed by atoms with E-state index in [1.54, 1.807) is 7.11 Å². The third-order valence-corrected chi connectivity index (χ3v) is 4.83. The van der Waals surface area contributed by atoms with Gasteiger partial charge in [0.25, 0.3) is 0 Å². The van der Waals surface area contributed by atoms with E-state index < -0.39 is 0 Å². The van der Waals surface area contributed by atoms with Crippen LogP contribution in [0.15, 0.2) is 36.5 Å². The Balaban J connectivity index is 1.34. The summed E-state index contributed by atoms with van der Waals surface area (Å²) in [5.41, 5.74) is 3.92. The molecule has 5 nitrogen and oxygen atoms in total. The number of fused-ring (bicyclic) bond motifs is 1. The van der Waals surface area contributed by atoms with Crippen LogP contribution in [0.1, 0.15) is 11.1 Å². The lowest BCUT2D eigenvalue weighted by atomic mass is 10.1. The Morgan fingerprint density at radius 3 is 2.75 bits per heavy atom. The molecule has 0 unspecified atom stereocenters. The van der Waals surface area contributed by atoms with Crippen molar-refractivity contribution in [3.63, 3.8) is 0 Å². The minimum atomic E-state index is 0.665. The van der Waals surface area contributed by atoms with E-state index in [1.807, 2.05) is 12.3 Å². The van der Waals surface area contributed by atoms with Crippen LogP contribution in [-0.2, 0) is 13.0 Å². The summed E-state index contributed by atoms with van der Waals surface area (Å²) in [6, 6.07) is 10.6. The van der Waals surface area contributed by atoms with Crippen LogP contribution in [-0.4, -0.2) is 49.8 Å². The molecule has 1 fully saturated rings. The van der Waals surface area contributed by atoms with Gasteiger partial charge < -0.3 is 14.4 Å². The van der Waals surface area contributed by atoms with Crippen LogP contribution in [0.5, 0.6) is 11.6 Å². The summed E-state index contributed by atoms with van der Waals surface area (Å²) in [6.07, 6.45) is 2.94. The summed E-state index contributed by atoms with van der Waals surface area (Å²) in [7, 11) is 1.64. The largest absolute Gasteiger partial charge is 0.493 e. The van der Waals surface area contributed by atoms with Crippen molar-refractivity contribution < 1.29 is 9.47 Å². The molecule has 2 aliphatic rings. The van der Waals surface area contributed by atoms with Gasteiger partial charge in [0.1, 0.15) is 5.75 Å². The standard InChI is InChI=1S/C19H23N3O2/c1-23-19-5-3-17(13-20-19)22-9-7-21(8-10-22)14-15-2-4-18-16(12-15)6-11-24-18/h2-5,12-13H,6-11,14H2,1H3. The maximum absolute atomic E-state index is 5.59. The lowest BCUT2D eigenvalue weighted by molar-refractivity contribution is 0.249. The van der Waals surface area contributed by atoms with Crippen molar-refractivity contribution in [2.75, 3.05) is 44.8 Å². The van der Waals surface area contributed by atoms with Crippen LogP contribution in [0.2, 0.25) is 0 Å². The van der Waals surface area contributed by atoms with E-state index in [9.17, 15) is 0 Å². The van der Waals surface area contributed by atoms with Crippen LogP contribution in [0.4, 0.5) is 5.69 Å². The van der Waals surface area contributed by atoms with E-state index in [-0.39, 0.29) is 0 Å². The van der Waals surface area contributed by atoms with Crippen molar-refractivity contribution in [3.05, 3.63) is 47.7 Å². The second kappa shape index (κ2) is 6.69. The molecule has 1 aromatic carbocycles. The van der Waals surface area contributed by atoms with E-state index in [1.165, 1.54) is 16.8 Å². The monoisotopic (exact) mass is 325 g/mol. The minimum absolute atomic E-state index is 0.665. The van der Waals surface area contributed by atoms with Gasteiger partial charge in [-0.05, 0) is 23.3 Å². The molecular weight excluding hydrogens is 302 g/mol. The molecule has 0 radical (unpaired) electrons. The van der Waals surface area contributed by atoms with Gasteiger partial charge in [0.2, 0.25) is 5.88 Å². The number of methoxy groups -OCH3 is 1. The fourth-order valence-electron chi connectivity index (χ4n) is 3.44. The van der Waals surface area contributed by atoms with Crippen molar-refractivity contribution in [1.82, 2.24) is 9.88 Å². The Morgan fingerprint density at radius 1 is 1.12 bits per heavy atom. The smallest absolute Gasteiger partial charge is 0.213 e. The van der Waals surface area contributed by atoms with E-state index in [4.69, 9.17) is 9.47 Å². The fourth-order valence-corrected chi connectivity index (χ4v) is 3.44. The molecule has 0 spiro atoms. The van der Waals surface area contributed by atoms with Gasteiger partial charge >= 0.3 is 0 Å². The van der Waals surface area contributed by atoms with Gasteiger partial charge in [0.15, 0.2) is 0 Å². The van der Waals surface area contributed by atoms with Gasteiger partial charge in [-0.2, -0.15) is 0 Å². The Hall–Kier alpha value is -2.27. The second-order valence-electron chi connectivity index (χ2n) is 6.36. The Kier molecular flexibility index (Phi) is 4.26. The lowest BCUT2D eigenvalue weighted by Crippen LogP contribution is -2.46. The maximum Gasteiger partial charge on any atom is 0.213 e. The summed E-state index contributed by atoms with van der Waals surface area (Å²) < 4.78 is 10.7. The average molecular weight is 325 g/mol. The number of aromatic nitrogens is 1. The number of rotatable bonds is 4. The molecule has 0 bridgehead atoms. The molecule has 3 heterocycles. The first-order valence-corrected chi connectivity index (χ1v) is 8.54. The minimum Gasteiger partial charge on any atom is -0.493 e. The van der Waals surface area contributed by atoms with Crippen molar-refractivity contribution >= 4 is 5.69 Å². The first-order chi connectivity index (χ1) is 11.8. The van der Waals surface area contributed by atoms with Crippen LogP contribution < -0.4 is 14.4 Å². The van der Waals surface area contributed by atoms with Gasteiger partial charge in [-0.1, -0.05) is 12.1 Å². The number of piperazine rings is 1. The molecule has 1 aromatic heterocycles. The molecular formula is C19H23N3O2. The van der Waals surface area contributed by atoms with Gasteiger partial charge in [0, 0.05) is 45.2 Å². The number of ether oxygens (including phenoxy) is 2. The summed E-state index contributed by atoms with van der Waals surface area (Å²) >= 11 is 0. The molecule has 5 heteroatoms. The highest BCUT2D eigenvalue weighted by atomic mass is 16.5. The van der Waals surface area contributed by atoms with E-state index in [2.05, 4.69) is 39.0 Å². The summed E-state index contributed by atoms with van der Waals surface area (Å²) in [4.78, 5) is 9.21. The third-order valence-electron chi connectivity index (χ3n) is 4.83. The van der Waals surface area contributed by atoms with Gasteiger partial charge in [0.05, 0.1) is 25.6 Å². The molecule has 0 atom stereocenters. The molecule has 0 aliphatic carbocycles. The summed E-state index contributed by atoms with van der Waals surface area (Å²) in [5.74, 6) is 1.73. The molecule has 24 heavy (non-hydrogen) atoms. The molecule has 126 valence electrons. The maximum atomic E-state index is 5.59. The Bertz CT molecular complexity index is 694.